The Kier molecular flexibility index (Phi) is 2.88. The minimum Gasteiger partial charge on any atom is -0.393 e. The van der Waals surface area contributed by atoms with Crippen LogP contribution in [-0.4, -0.2) is 30.0 Å². The lowest BCUT2D eigenvalue weighted by molar-refractivity contribution is -0.156. The number of hydrogen-bond acceptors (Lipinski definition) is 6. The summed E-state index contributed by atoms with van der Waals surface area (Å²) >= 11 is 0. The summed E-state index contributed by atoms with van der Waals surface area (Å²) in [6.45, 7) is 0. The minimum atomic E-state index is -1.79. The van der Waals surface area contributed by atoms with E-state index in [1.807, 2.05) is 0 Å². The fourth-order valence-corrected chi connectivity index (χ4v) is 3.84. The summed E-state index contributed by atoms with van der Waals surface area (Å²) in [5.41, 5.74) is 0.920. The second-order valence-corrected chi connectivity index (χ2v) is 5.95. The van der Waals surface area contributed by atoms with Gasteiger partial charge >= 0.3 is 23.9 Å². The topological polar surface area (TPSA) is 86.7 Å². The van der Waals surface area contributed by atoms with E-state index < -0.39 is 53.7 Å². The molecule has 4 rings (SSSR count). The summed E-state index contributed by atoms with van der Waals surface area (Å²) in [6.07, 6.45) is -2.03. The molecule has 2 aliphatic heterocycles. The van der Waals surface area contributed by atoms with Gasteiger partial charge in [-0.25, -0.2) is 4.39 Å². The summed E-state index contributed by atoms with van der Waals surface area (Å²) in [4.78, 5) is 47.0. The largest absolute Gasteiger partial charge is 0.393 e. The molecule has 3 aliphatic rings. The molecule has 0 radical (unpaired) electrons. The fraction of sp³-hybridized carbons (Fsp3) is 0.375. The number of carbonyl (C=O) groups excluding carboxylic acids is 4. The number of hydrogen-bond donors (Lipinski definition) is 0. The van der Waals surface area contributed by atoms with Gasteiger partial charge in [0.25, 0.3) is 0 Å². The normalized spacial score (nSPS) is 35.6. The lowest BCUT2D eigenvalue weighted by atomic mass is 9.66. The summed E-state index contributed by atoms with van der Waals surface area (Å²) < 4.78 is 24.2. The van der Waals surface area contributed by atoms with Crippen molar-refractivity contribution in [3.8, 4) is 0 Å². The van der Waals surface area contributed by atoms with E-state index in [2.05, 4.69) is 9.47 Å². The third-order valence-electron chi connectivity index (χ3n) is 4.80. The first kappa shape index (κ1) is 14.0. The molecule has 0 bridgehead atoms. The Morgan fingerprint density at radius 2 is 1.57 bits per heavy atom. The predicted octanol–water partition coefficient (Wildman–Crippen LogP) is 0.995. The molecule has 2 fully saturated rings. The van der Waals surface area contributed by atoms with E-state index in [0.29, 0.717) is 11.1 Å². The van der Waals surface area contributed by atoms with E-state index in [-0.39, 0.29) is 6.42 Å². The highest BCUT2D eigenvalue weighted by Gasteiger charge is 2.59. The smallest absolute Gasteiger partial charge is 0.322 e. The van der Waals surface area contributed by atoms with Crippen molar-refractivity contribution < 1.29 is 33.0 Å². The van der Waals surface area contributed by atoms with Crippen LogP contribution in [0.25, 0.3) is 0 Å². The van der Waals surface area contributed by atoms with E-state index in [4.69, 9.17) is 0 Å². The van der Waals surface area contributed by atoms with Crippen molar-refractivity contribution >= 4 is 23.9 Å². The van der Waals surface area contributed by atoms with E-state index in [9.17, 15) is 19.2 Å². The molecule has 1 aromatic carbocycles. The molecule has 5 atom stereocenters. The lowest BCUT2D eigenvalue weighted by Crippen LogP contribution is -2.40. The maximum atomic E-state index is 15.1. The molecule has 7 heteroatoms. The number of ether oxygens (including phenoxy) is 2. The number of halogens is 1. The van der Waals surface area contributed by atoms with Gasteiger partial charge in [0.1, 0.15) is 12.1 Å². The molecule has 2 saturated heterocycles. The molecule has 118 valence electrons. The maximum absolute atomic E-state index is 15.1. The Bertz CT molecular complexity index is 757. The highest BCUT2D eigenvalue weighted by atomic mass is 19.1. The number of carbonyl (C=O) groups is 4. The van der Waals surface area contributed by atoms with Gasteiger partial charge in [-0.15, -0.1) is 0 Å². The Morgan fingerprint density at radius 1 is 0.870 bits per heavy atom. The molecule has 23 heavy (non-hydrogen) atoms. The zero-order chi connectivity index (χ0) is 16.3. The van der Waals surface area contributed by atoms with Crippen molar-refractivity contribution in [2.75, 3.05) is 0 Å². The van der Waals surface area contributed by atoms with Gasteiger partial charge < -0.3 is 9.47 Å². The van der Waals surface area contributed by atoms with Crippen LogP contribution >= 0.6 is 0 Å². The summed E-state index contributed by atoms with van der Waals surface area (Å²) in [5.74, 6) is -7.51. The number of alkyl halides is 1. The lowest BCUT2D eigenvalue weighted by Gasteiger charge is -2.35. The standard InChI is InChI=1S/C16H11FO6/c17-13-10(8-5-9(18)22-14(8)19)6-3-1-2-4-7(6)11-12(13)16(21)23-15(11)20/h1-4,8,10-13H,5H2. The van der Waals surface area contributed by atoms with Crippen molar-refractivity contribution in [3.05, 3.63) is 35.4 Å². The molecule has 0 amide bonds. The second kappa shape index (κ2) is 4.71. The van der Waals surface area contributed by atoms with Crippen LogP contribution in [0, 0.1) is 11.8 Å². The van der Waals surface area contributed by atoms with Crippen LogP contribution in [0.15, 0.2) is 24.3 Å². The van der Waals surface area contributed by atoms with Crippen molar-refractivity contribution in [2.45, 2.75) is 24.4 Å². The average Bonchev–Trinajstić information content (AvgIpc) is 2.99. The molecule has 0 N–H and O–H groups in total. The third kappa shape index (κ3) is 1.85. The van der Waals surface area contributed by atoms with Crippen molar-refractivity contribution in [1.82, 2.24) is 0 Å². The summed E-state index contributed by atoms with van der Waals surface area (Å²) in [5, 5.41) is 0. The highest BCUT2D eigenvalue weighted by molar-refractivity contribution is 6.01. The van der Waals surface area contributed by atoms with Gasteiger partial charge in [-0.05, 0) is 11.1 Å². The Hall–Kier alpha value is -2.57. The predicted molar refractivity (Wildman–Crippen MR) is 70.6 cm³/mol. The molecule has 0 saturated carbocycles. The Balaban J connectivity index is 1.87. The number of fused-ring (bicyclic) bond motifs is 3. The maximum Gasteiger partial charge on any atom is 0.322 e. The van der Waals surface area contributed by atoms with Crippen LogP contribution in [-0.2, 0) is 28.7 Å². The zero-order valence-electron chi connectivity index (χ0n) is 11.7. The quantitative estimate of drug-likeness (QED) is 0.567. The molecule has 2 heterocycles. The molecule has 6 nitrogen and oxygen atoms in total. The summed E-state index contributed by atoms with van der Waals surface area (Å²) in [7, 11) is 0. The molecule has 0 spiro atoms. The zero-order valence-corrected chi connectivity index (χ0v) is 11.7. The van der Waals surface area contributed by atoms with E-state index in [1.165, 1.54) is 0 Å². The number of rotatable bonds is 1. The van der Waals surface area contributed by atoms with Gasteiger partial charge in [-0.3, -0.25) is 19.2 Å². The number of cyclic esters (lactones) is 4. The second-order valence-electron chi connectivity index (χ2n) is 5.95. The van der Waals surface area contributed by atoms with Crippen LogP contribution in [0.5, 0.6) is 0 Å². The van der Waals surface area contributed by atoms with Gasteiger partial charge in [0, 0.05) is 5.92 Å². The number of benzene rings is 1. The first-order chi connectivity index (χ1) is 11.0. The Morgan fingerprint density at radius 3 is 2.22 bits per heavy atom. The minimum absolute atomic E-state index is 0.237. The van der Waals surface area contributed by atoms with Gasteiger partial charge in [0.05, 0.1) is 18.3 Å². The first-order valence-electron chi connectivity index (χ1n) is 7.22. The van der Waals surface area contributed by atoms with Crippen LogP contribution in [0.1, 0.15) is 29.4 Å². The van der Waals surface area contributed by atoms with E-state index in [0.717, 1.165) is 0 Å². The van der Waals surface area contributed by atoms with E-state index in [1.54, 1.807) is 24.3 Å². The van der Waals surface area contributed by atoms with Crippen LogP contribution < -0.4 is 0 Å². The van der Waals surface area contributed by atoms with E-state index >= 15 is 4.39 Å². The molecular weight excluding hydrogens is 307 g/mol. The van der Waals surface area contributed by atoms with Crippen LogP contribution in [0.2, 0.25) is 0 Å². The van der Waals surface area contributed by atoms with Crippen molar-refractivity contribution in [2.24, 2.45) is 11.8 Å². The van der Waals surface area contributed by atoms with Gasteiger partial charge in [0.2, 0.25) is 0 Å². The average molecular weight is 318 g/mol. The van der Waals surface area contributed by atoms with Crippen molar-refractivity contribution in [1.29, 1.82) is 0 Å². The third-order valence-corrected chi connectivity index (χ3v) is 4.80. The fourth-order valence-electron chi connectivity index (χ4n) is 3.84. The number of esters is 4. The Labute approximate surface area is 129 Å². The monoisotopic (exact) mass is 318 g/mol. The van der Waals surface area contributed by atoms with Crippen molar-refractivity contribution in [3.63, 3.8) is 0 Å². The first-order valence-corrected chi connectivity index (χ1v) is 7.22. The molecule has 1 aromatic rings. The highest BCUT2D eigenvalue weighted by Crippen LogP contribution is 2.52. The molecule has 1 aliphatic carbocycles. The van der Waals surface area contributed by atoms with Gasteiger partial charge in [0.15, 0.2) is 0 Å². The summed E-state index contributed by atoms with van der Waals surface area (Å²) in [6, 6.07) is 6.55. The van der Waals surface area contributed by atoms with Gasteiger partial charge in [-0.1, -0.05) is 24.3 Å². The molecular formula is C16H11FO6. The molecule has 0 aromatic heterocycles. The van der Waals surface area contributed by atoms with Crippen LogP contribution in [0.4, 0.5) is 4.39 Å². The van der Waals surface area contributed by atoms with Gasteiger partial charge in [-0.2, -0.15) is 0 Å². The SMILES string of the molecule is O=C1CC(C2c3ccccc3C3C(=O)OC(=O)C3C2F)C(=O)O1. The van der Waals surface area contributed by atoms with Crippen LogP contribution in [0.3, 0.4) is 0 Å². The molecule has 5 unspecified atom stereocenters.